The standard InChI is InChI=1S/C32H42N2O8.H2S/c1-31(2,3)41-29(38)34(30(39)42-32(4,5)6)18-12-11-13-21(27(35)36)19-33-28(37)40-20-26-24-16-9-7-14-22(24)23-15-8-10-17-25(23)26;/h7-10,14-17,21,26H,11-13,18-20H2,1-6H3,(H,33,37)(H,35,36);1H2/t21-;/m0./s1. The third-order valence-corrected chi connectivity index (χ3v) is 6.60. The van der Waals surface area contributed by atoms with Crippen LogP contribution in [0, 0.1) is 5.92 Å². The second-order valence-electron chi connectivity index (χ2n) is 12.3. The molecule has 2 N–H and O–H groups in total. The molecule has 236 valence electrons. The van der Waals surface area contributed by atoms with E-state index in [0.29, 0.717) is 12.8 Å². The van der Waals surface area contributed by atoms with E-state index in [1.807, 2.05) is 48.5 Å². The smallest absolute Gasteiger partial charge is 0.419 e. The zero-order chi connectivity index (χ0) is 31.1. The third-order valence-electron chi connectivity index (χ3n) is 6.60. The zero-order valence-electron chi connectivity index (χ0n) is 25.8. The molecule has 0 aliphatic heterocycles. The highest BCUT2D eigenvalue weighted by molar-refractivity contribution is 7.59. The number of carbonyl (C=O) groups excluding carboxylic acids is 3. The van der Waals surface area contributed by atoms with E-state index in [0.717, 1.165) is 27.2 Å². The lowest BCUT2D eigenvalue weighted by molar-refractivity contribution is -0.141. The molecule has 11 heteroatoms. The van der Waals surface area contributed by atoms with E-state index >= 15 is 0 Å². The van der Waals surface area contributed by atoms with Crippen LogP contribution >= 0.6 is 13.5 Å². The number of imide groups is 1. The first-order chi connectivity index (χ1) is 19.7. The fraction of sp³-hybridized carbons (Fsp3) is 0.500. The number of carboxylic acid groups (broad SMARTS) is 1. The number of hydrogen-bond acceptors (Lipinski definition) is 7. The first-order valence-electron chi connectivity index (χ1n) is 14.2. The lowest BCUT2D eigenvalue weighted by Crippen LogP contribution is -2.44. The van der Waals surface area contributed by atoms with Gasteiger partial charge < -0.3 is 24.6 Å². The highest BCUT2D eigenvalue weighted by Crippen LogP contribution is 2.44. The predicted octanol–water partition coefficient (Wildman–Crippen LogP) is 6.68. The molecule has 0 aromatic heterocycles. The fourth-order valence-electron chi connectivity index (χ4n) is 4.72. The second-order valence-corrected chi connectivity index (χ2v) is 12.3. The Bertz CT molecular complexity index is 1210. The zero-order valence-corrected chi connectivity index (χ0v) is 26.8. The Kier molecular flexibility index (Phi) is 12.5. The van der Waals surface area contributed by atoms with Gasteiger partial charge in [-0.2, -0.15) is 13.5 Å². The van der Waals surface area contributed by atoms with Crippen molar-refractivity contribution in [3.63, 3.8) is 0 Å². The Morgan fingerprint density at radius 1 is 0.837 bits per heavy atom. The number of nitrogens with one attached hydrogen (secondary N) is 1. The van der Waals surface area contributed by atoms with Gasteiger partial charge in [-0.05, 0) is 76.6 Å². The number of hydrogen-bond donors (Lipinski definition) is 2. The monoisotopic (exact) mass is 616 g/mol. The van der Waals surface area contributed by atoms with Crippen molar-refractivity contribution in [3.8, 4) is 11.1 Å². The number of alkyl carbamates (subject to hydrolysis) is 1. The molecule has 1 aliphatic rings. The highest BCUT2D eigenvalue weighted by atomic mass is 32.1. The van der Waals surface area contributed by atoms with E-state index in [4.69, 9.17) is 14.2 Å². The molecule has 2 aromatic carbocycles. The van der Waals surface area contributed by atoms with Gasteiger partial charge in [0.05, 0.1) is 5.92 Å². The van der Waals surface area contributed by atoms with Gasteiger partial charge in [0.2, 0.25) is 0 Å². The molecular weight excluding hydrogens is 572 g/mol. The normalized spacial score (nSPS) is 13.1. The maximum absolute atomic E-state index is 12.6. The molecule has 0 radical (unpaired) electrons. The number of benzene rings is 2. The summed E-state index contributed by atoms with van der Waals surface area (Å²) in [6, 6.07) is 16.0. The van der Waals surface area contributed by atoms with Crippen LogP contribution < -0.4 is 5.32 Å². The predicted molar refractivity (Wildman–Crippen MR) is 168 cm³/mol. The maximum Gasteiger partial charge on any atom is 0.419 e. The summed E-state index contributed by atoms with van der Waals surface area (Å²) in [5.41, 5.74) is 2.78. The molecule has 0 saturated heterocycles. The first-order valence-corrected chi connectivity index (χ1v) is 14.2. The number of unbranched alkanes of at least 4 members (excludes halogenated alkanes) is 1. The van der Waals surface area contributed by atoms with Crippen LogP contribution in [0.15, 0.2) is 48.5 Å². The summed E-state index contributed by atoms with van der Waals surface area (Å²) in [7, 11) is 0. The largest absolute Gasteiger partial charge is 0.481 e. The molecule has 10 nitrogen and oxygen atoms in total. The molecule has 3 amide bonds. The average Bonchev–Trinajstić information content (AvgIpc) is 3.20. The molecule has 43 heavy (non-hydrogen) atoms. The number of carbonyl (C=O) groups is 4. The number of fused-ring (bicyclic) bond motifs is 3. The minimum Gasteiger partial charge on any atom is -0.481 e. The Morgan fingerprint density at radius 3 is 1.79 bits per heavy atom. The van der Waals surface area contributed by atoms with Gasteiger partial charge in [0.1, 0.15) is 17.8 Å². The van der Waals surface area contributed by atoms with Crippen molar-refractivity contribution < 1.29 is 38.5 Å². The minimum atomic E-state index is -1.06. The van der Waals surface area contributed by atoms with E-state index in [2.05, 4.69) is 5.32 Å². The molecule has 0 saturated carbocycles. The molecule has 0 heterocycles. The van der Waals surface area contributed by atoms with Crippen molar-refractivity contribution in [3.05, 3.63) is 59.7 Å². The van der Waals surface area contributed by atoms with Crippen molar-refractivity contribution in [2.75, 3.05) is 19.7 Å². The van der Waals surface area contributed by atoms with Gasteiger partial charge in [0.15, 0.2) is 0 Å². The maximum atomic E-state index is 12.6. The quantitative estimate of drug-likeness (QED) is 0.223. The lowest BCUT2D eigenvalue weighted by atomic mass is 9.98. The van der Waals surface area contributed by atoms with Crippen LogP contribution in [0.1, 0.15) is 77.8 Å². The first kappa shape index (κ1) is 35.5. The van der Waals surface area contributed by atoms with Crippen molar-refractivity contribution >= 4 is 37.7 Å². The summed E-state index contributed by atoms with van der Waals surface area (Å²) < 4.78 is 16.2. The summed E-state index contributed by atoms with van der Waals surface area (Å²) in [5.74, 6) is -2.04. The molecule has 3 rings (SSSR count). The van der Waals surface area contributed by atoms with Crippen LogP contribution in [0.3, 0.4) is 0 Å². The van der Waals surface area contributed by atoms with Crippen LogP contribution in [-0.2, 0) is 19.0 Å². The van der Waals surface area contributed by atoms with Gasteiger partial charge in [-0.15, -0.1) is 0 Å². The molecular formula is C32H44N2O8S. The fourth-order valence-corrected chi connectivity index (χ4v) is 4.72. The summed E-state index contributed by atoms with van der Waals surface area (Å²) in [6.07, 6.45) is -1.43. The second kappa shape index (κ2) is 15.1. The van der Waals surface area contributed by atoms with Crippen molar-refractivity contribution in [2.24, 2.45) is 5.92 Å². The molecule has 0 spiro atoms. The van der Waals surface area contributed by atoms with E-state index in [9.17, 15) is 24.3 Å². The Labute approximate surface area is 260 Å². The third kappa shape index (κ3) is 10.5. The van der Waals surface area contributed by atoms with Crippen LogP contribution in [0.4, 0.5) is 14.4 Å². The van der Waals surface area contributed by atoms with Gasteiger partial charge in [0.25, 0.3) is 0 Å². The number of aliphatic carboxylic acids is 1. The summed E-state index contributed by atoms with van der Waals surface area (Å²) in [4.78, 5) is 50.5. The summed E-state index contributed by atoms with van der Waals surface area (Å²) >= 11 is 0. The van der Waals surface area contributed by atoms with Crippen LogP contribution in [0.2, 0.25) is 0 Å². The minimum absolute atomic E-state index is 0. The molecule has 0 bridgehead atoms. The molecule has 1 atom stereocenters. The number of ether oxygens (including phenoxy) is 3. The van der Waals surface area contributed by atoms with Crippen molar-refractivity contribution in [1.29, 1.82) is 0 Å². The van der Waals surface area contributed by atoms with Gasteiger partial charge in [-0.25, -0.2) is 19.3 Å². The number of nitrogens with zero attached hydrogens (tertiary/aromatic N) is 1. The van der Waals surface area contributed by atoms with Crippen molar-refractivity contribution in [1.82, 2.24) is 10.2 Å². The summed E-state index contributed by atoms with van der Waals surface area (Å²) in [6.45, 7) is 10.2. The van der Waals surface area contributed by atoms with E-state index in [-0.39, 0.29) is 45.5 Å². The van der Waals surface area contributed by atoms with E-state index in [1.54, 1.807) is 41.5 Å². The molecule has 1 aliphatic carbocycles. The molecule has 2 aromatic rings. The number of carboxylic acids is 1. The van der Waals surface area contributed by atoms with Gasteiger partial charge in [-0.1, -0.05) is 55.0 Å². The summed E-state index contributed by atoms with van der Waals surface area (Å²) in [5, 5.41) is 12.3. The SMILES string of the molecule is CC(C)(C)OC(=O)N(CCCC[C@@H](CNC(=O)OCC1c2ccccc2-c2ccccc21)C(=O)O)C(=O)OC(C)(C)C.S. The molecule has 0 unspecified atom stereocenters. The Balaban J connectivity index is 0.00000645. The average molecular weight is 617 g/mol. The highest BCUT2D eigenvalue weighted by Gasteiger charge is 2.32. The van der Waals surface area contributed by atoms with Crippen LogP contribution in [-0.4, -0.2) is 65.2 Å². The Hall–Kier alpha value is -3.73. The van der Waals surface area contributed by atoms with Gasteiger partial charge in [0, 0.05) is 19.0 Å². The van der Waals surface area contributed by atoms with Crippen LogP contribution in [0.5, 0.6) is 0 Å². The number of rotatable bonds is 10. The molecule has 0 fully saturated rings. The van der Waals surface area contributed by atoms with Gasteiger partial charge in [-0.3, -0.25) is 4.79 Å². The topological polar surface area (TPSA) is 131 Å². The van der Waals surface area contributed by atoms with Crippen LogP contribution in [0.25, 0.3) is 11.1 Å². The number of amides is 3. The van der Waals surface area contributed by atoms with Crippen molar-refractivity contribution in [2.45, 2.75) is 77.9 Å². The van der Waals surface area contributed by atoms with E-state index in [1.165, 1.54) is 0 Å². The Morgan fingerprint density at radius 2 is 1.33 bits per heavy atom. The lowest BCUT2D eigenvalue weighted by Gasteiger charge is -2.28. The van der Waals surface area contributed by atoms with Gasteiger partial charge >= 0.3 is 24.2 Å². The van der Waals surface area contributed by atoms with E-state index < -0.39 is 41.4 Å².